The predicted octanol–water partition coefficient (Wildman–Crippen LogP) is 2.06. The molecule has 0 bridgehead atoms. The minimum Gasteiger partial charge on any atom is -0.481 e. The number of nitrogens with one attached hydrogen (secondary N) is 2. The molecule has 1 aromatic heterocycles. The van der Waals surface area contributed by atoms with E-state index < -0.39 is 5.97 Å². The van der Waals surface area contributed by atoms with Gasteiger partial charge < -0.3 is 20.3 Å². The van der Waals surface area contributed by atoms with Crippen LogP contribution < -0.4 is 10.6 Å². The zero-order valence-electron chi connectivity index (χ0n) is 12.5. The predicted molar refractivity (Wildman–Crippen MR) is 76.7 cm³/mol. The van der Waals surface area contributed by atoms with E-state index in [-0.39, 0.29) is 12.5 Å². The summed E-state index contributed by atoms with van der Waals surface area (Å²) in [5, 5.41) is 17.8. The summed E-state index contributed by atoms with van der Waals surface area (Å²) < 4.78 is 4.98. The number of aromatic nitrogens is 1. The molecular weight excluding hydrogens is 274 g/mol. The molecule has 0 saturated carbocycles. The van der Waals surface area contributed by atoms with E-state index in [0.717, 1.165) is 18.5 Å². The van der Waals surface area contributed by atoms with Crippen molar-refractivity contribution in [1.82, 2.24) is 15.8 Å². The van der Waals surface area contributed by atoms with Crippen LogP contribution in [-0.2, 0) is 11.3 Å². The summed E-state index contributed by atoms with van der Waals surface area (Å²) in [4.78, 5) is 22.1. The molecule has 3 N–H and O–H groups in total. The topological polar surface area (TPSA) is 104 Å². The van der Waals surface area contributed by atoms with Gasteiger partial charge in [0.1, 0.15) is 0 Å². The van der Waals surface area contributed by atoms with E-state index in [9.17, 15) is 9.59 Å². The van der Waals surface area contributed by atoms with Gasteiger partial charge >= 0.3 is 12.0 Å². The minimum absolute atomic E-state index is 0.176. The van der Waals surface area contributed by atoms with Crippen LogP contribution in [0, 0.1) is 12.8 Å². The second-order valence-corrected chi connectivity index (χ2v) is 5.04. The molecule has 0 aromatic carbocycles. The van der Waals surface area contributed by atoms with Crippen LogP contribution in [0.5, 0.6) is 0 Å². The fourth-order valence-corrected chi connectivity index (χ4v) is 2.00. The lowest BCUT2D eigenvalue weighted by molar-refractivity contribution is -0.137. The Kier molecular flexibility index (Phi) is 7.28. The van der Waals surface area contributed by atoms with Gasteiger partial charge in [0.15, 0.2) is 5.76 Å². The van der Waals surface area contributed by atoms with Crippen molar-refractivity contribution in [2.24, 2.45) is 5.92 Å². The lowest BCUT2D eigenvalue weighted by Gasteiger charge is -2.14. The molecule has 0 aliphatic rings. The quantitative estimate of drug-likeness (QED) is 0.647. The molecular formula is C14H23N3O4. The third kappa shape index (κ3) is 7.34. The third-order valence-corrected chi connectivity index (χ3v) is 3.28. The average molecular weight is 297 g/mol. The molecule has 0 fully saturated rings. The van der Waals surface area contributed by atoms with Gasteiger partial charge in [0.25, 0.3) is 0 Å². The van der Waals surface area contributed by atoms with Crippen molar-refractivity contribution in [2.45, 2.75) is 46.1 Å². The number of hydrogen-bond donors (Lipinski definition) is 3. The number of carbonyl (C=O) groups is 2. The van der Waals surface area contributed by atoms with Crippen LogP contribution in [0.25, 0.3) is 0 Å². The molecule has 7 nitrogen and oxygen atoms in total. The first-order valence-corrected chi connectivity index (χ1v) is 7.17. The van der Waals surface area contributed by atoms with Crippen molar-refractivity contribution in [3.63, 3.8) is 0 Å². The van der Waals surface area contributed by atoms with Crippen LogP contribution in [-0.4, -0.2) is 28.8 Å². The van der Waals surface area contributed by atoms with Gasteiger partial charge in [-0.05, 0) is 25.7 Å². The zero-order valence-corrected chi connectivity index (χ0v) is 12.5. The maximum Gasteiger partial charge on any atom is 0.315 e. The lowest BCUT2D eigenvalue weighted by atomic mass is 9.97. The molecule has 7 heteroatoms. The first-order chi connectivity index (χ1) is 10.0. The summed E-state index contributed by atoms with van der Waals surface area (Å²) >= 11 is 0. The minimum atomic E-state index is -0.776. The van der Waals surface area contributed by atoms with E-state index in [1.54, 1.807) is 6.07 Å². The molecule has 0 aliphatic carbocycles. The van der Waals surface area contributed by atoms with Gasteiger partial charge in [0, 0.05) is 19.0 Å². The van der Waals surface area contributed by atoms with Gasteiger partial charge in [-0.2, -0.15) is 0 Å². The molecule has 1 unspecified atom stereocenters. The van der Waals surface area contributed by atoms with E-state index >= 15 is 0 Å². The lowest BCUT2D eigenvalue weighted by Crippen LogP contribution is -2.36. The Bertz CT molecular complexity index is 459. The summed E-state index contributed by atoms with van der Waals surface area (Å²) in [7, 11) is 0. The second kappa shape index (κ2) is 8.99. The van der Waals surface area contributed by atoms with Crippen LogP contribution in [0.1, 0.15) is 44.1 Å². The molecule has 1 rings (SSSR count). The van der Waals surface area contributed by atoms with Crippen molar-refractivity contribution in [2.75, 3.05) is 6.54 Å². The maximum atomic E-state index is 11.6. The summed E-state index contributed by atoms with van der Waals surface area (Å²) in [6.45, 7) is 4.66. The van der Waals surface area contributed by atoms with Gasteiger partial charge in [-0.1, -0.05) is 18.5 Å². The third-order valence-electron chi connectivity index (χ3n) is 3.28. The van der Waals surface area contributed by atoms with Crippen LogP contribution in [0.2, 0.25) is 0 Å². The molecule has 0 spiro atoms. The van der Waals surface area contributed by atoms with Gasteiger partial charge in [0.05, 0.1) is 12.2 Å². The van der Waals surface area contributed by atoms with Crippen LogP contribution >= 0.6 is 0 Å². The Balaban J connectivity index is 2.15. The van der Waals surface area contributed by atoms with Gasteiger partial charge in [-0.15, -0.1) is 0 Å². The highest BCUT2D eigenvalue weighted by Crippen LogP contribution is 2.14. The van der Waals surface area contributed by atoms with Gasteiger partial charge in [-0.25, -0.2) is 4.79 Å². The van der Waals surface area contributed by atoms with Crippen molar-refractivity contribution in [3.8, 4) is 0 Å². The first kappa shape index (κ1) is 17.0. The number of amides is 2. The number of carboxylic acid groups (broad SMARTS) is 1. The average Bonchev–Trinajstić information content (AvgIpc) is 2.86. The molecule has 1 heterocycles. The van der Waals surface area contributed by atoms with Crippen molar-refractivity contribution in [3.05, 3.63) is 17.5 Å². The second-order valence-electron chi connectivity index (χ2n) is 5.04. The van der Waals surface area contributed by atoms with Crippen molar-refractivity contribution >= 4 is 12.0 Å². The standard InChI is InChI=1S/C14H23N3O4/c1-3-11(4-5-13(18)19)6-7-15-14(20)16-9-12-8-10(2)17-21-12/h8,11H,3-7,9H2,1-2H3,(H,18,19)(H2,15,16,20). The van der Waals surface area contributed by atoms with Crippen molar-refractivity contribution in [1.29, 1.82) is 0 Å². The van der Waals surface area contributed by atoms with E-state index in [1.165, 1.54) is 0 Å². The summed E-state index contributed by atoms with van der Waals surface area (Å²) in [6, 6.07) is 1.50. The highest BCUT2D eigenvalue weighted by Gasteiger charge is 2.10. The first-order valence-electron chi connectivity index (χ1n) is 7.17. The number of hydrogen-bond acceptors (Lipinski definition) is 4. The van der Waals surface area contributed by atoms with E-state index in [2.05, 4.69) is 15.8 Å². The Labute approximate surface area is 124 Å². The molecule has 118 valence electrons. The number of rotatable bonds is 9. The maximum absolute atomic E-state index is 11.6. The Morgan fingerprint density at radius 2 is 2.14 bits per heavy atom. The number of carbonyl (C=O) groups excluding carboxylic acids is 1. The van der Waals surface area contributed by atoms with E-state index in [1.807, 2.05) is 13.8 Å². The van der Waals surface area contributed by atoms with Crippen LogP contribution in [0.3, 0.4) is 0 Å². The molecule has 1 aromatic rings. The number of aryl methyl sites for hydroxylation is 1. The largest absolute Gasteiger partial charge is 0.481 e. The monoisotopic (exact) mass is 297 g/mol. The Hall–Kier alpha value is -2.05. The highest BCUT2D eigenvalue weighted by atomic mass is 16.5. The van der Waals surface area contributed by atoms with Gasteiger partial charge in [-0.3, -0.25) is 4.79 Å². The fourth-order valence-electron chi connectivity index (χ4n) is 2.00. The SMILES string of the molecule is CCC(CCNC(=O)NCc1cc(C)no1)CCC(=O)O. The van der Waals surface area contributed by atoms with Crippen LogP contribution in [0.15, 0.2) is 10.6 Å². The normalized spacial score (nSPS) is 11.9. The molecule has 0 aliphatic heterocycles. The number of urea groups is 1. The smallest absolute Gasteiger partial charge is 0.315 e. The molecule has 2 amide bonds. The van der Waals surface area contributed by atoms with Gasteiger partial charge in [0.2, 0.25) is 0 Å². The summed E-state index contributed by atoms with van der Waals surface area (Å²) in [5.74, 6) is 0.148. The molecule has 0 radical (unpaired) electrons. The number of aliphatic carboxylic acids is 1. The van der Waals surface area contributed by atoms with Crippen LogP contribution in [0.4, 0.5) is 4.79 Å². The highest BCUT2D eigenvalue weighted by molar-refractivity contribution is 5.73. The summed E-state index contributed by atoms with van der Waals surface area (Å²) in [6.07, 6.45) is 2.51. The molecule has 1 atom stereocenters. The number of nitrogens with zero attached hydrogens (tertiary/aromatic N) is 1. The summed E-state index contributed by atoms with van der Waals surface area (Å²) in [5.41, 5.74) is 0.774. The Morgan fingerprint density at radius 1 is 1.38 bits per heavy atom. The Morgan fingerprint density at radius 3 is 2.71 bits per heavy atom. The molecule has 0 saturated heterocycles. The number of carboxylic acids is 1. The van der Waals surface area contributed by atoms with E-state index in [4.69, 9.17) is 9.63 Å². The van der Waals surface area contributed by atoms with E-state index in [0.29, 0.717) is 31.2 Å². The molecule has 21 heavy (non-hydrogen) atoms. The van der Waals surface area contributed by atoms with Crippen molar-refractivity contribution < 1.29 is 19.2 Å². The zero-order chi connectivity index (χ0) is 15.7. The fraction of sp³-hybridized carbons (Fsp3) is 0.643.